The highest BCUT2D eigenvalue weighted by Crippen LogP contribution is 2.22. The van der Waals surface area contributed by atoms with Gasteiger partial charge in [0.05, 0.1) is 12.7 Å². The summed E-state index contributed by atoms with van der Waals surface area (Å²) < 4.78 is 10.1. The quantitative estimate of drug-likeness (QED) is 0.808. The Morgan fingerprint density at radius 2 is 1.81 bits per heavy atom. The number of carbonyl (C=O) groups is 2. The summed E-state index contributed by atoms with van der Waals surface area (Å²) >= 11 is 0. The number of nitrogens with zero attached hydrogens (tertiary/aromatic N) is 1. The molecule has 6 heteroatoms. The van der Waals surface area contributed by atoms with E-state index in [0.29, 0.717) is 11.3 Å². The molecular weight excluding hydrogens is 332 g/mol. The number of nitrogens with one attached hydrogen (secondary N) is 1. The molecule has 0 radical (unpaired) electrons. The molecule has 3 rings (SSSR count). The molecule has 0 bridgehead atoms. The summed E-state index contributed by atoms with van der Waals surface area (Å²) in [6, 6.07) is 14.3. The molecule has 1 fully saturated rings. The van der Waals surface area contributed by atoms with Crippen LogP contribution in [0.5, 0.6) is 5.75 Å². The van der Waals surface area contributed by atoms with E-state index >= 15 is 0 Å². The van der Waals surface area contributed by atoms with E-state index < -0.39 is 5.97 Å². The molecule has 0 unspecified atom stereocenters. The van der Waals surface area contributed by atoms with Crippen molar-refractivity contribution in [1.82, 2.24) is 0 Å². The van der Waals surface area contributed by atoms with Gasteiger partial charge in [-0.05, 0) is 55.3 Å². The smallest absolute Gasteiger partial charge is 0.337 e. The molecule has 1 saturated heterocycles. The van der Waals surface area contributed by atoms with Crippen molar-refractivity contribution < 1.29 is 19.1 Å². The summed E-state index contributed by atoms with van der Waals surface area (Å²) in [4.78, 5) is 25.9. The summed E-state index contributed by atoms with van der Waals surface area (Å²) in [7, 11) is 1.32. The van der Waals surface area contributed by atoms with Crippen LogP contribution in [0.2, 0.25) is 0 Å². The van der Waals surface area contributed by atoms with Gasteiger partial charge in [0.2, 0.25) is 0 Å². The highest BCUT2D eigenvalue weighted by Gasteiger charge is 2.12. The molecule has 1 aliphatic rings. The van der Waals surface area contributed by atoms with Crippen molar-refractivity contribution in [1.29, 1.82) is 0 Å². The second-order valence-corrected chi connectivity index (χ2v) is 6.10. The molecule has 0 aromatic heterocycles. The summed E-state index contributed by atoms with van der Waals surface area (Å²) in [6.07, 6.45) is 2.46. The van der Waals surface area contributed by atoms with Crippen LogP contribution in [0, 0.1) is 0 Å². The van der Waals surface area contributed by atoms with Gasteiger partial charge in [-0.25, -0.2) is 4.79 Å². The lowest BCUT2D eigenvalue weighted by Crippen LogP contribution is -2.20. The van der Waals surface area contributed by atoms with E-state index in [1.807, 2.05) is 24.3 Å². The Kier molecular flexibility index (Phi) is 5.73. The lowest BCUT2D eigenvalue weighted by atomic mass is 10.2. The number of anilines is 2. The van der Waals surface area contributed by atoms with Gasteiger partial charge in [-0.2, -0.15) is 0 Å². The molecule has 0 atom stereocenters. The van der Waals surface area contributed by atoms with Crippen molar-refractivity contribution in [2.24, 2.45) is 0 Å². The van der Waals surface area contributed by atoms with Crippen molar-refractivity contribution >= 4 is 23.3 Å². The summed E-state index contributed by atoms with van der Waals surface area (Å²) in [5.74, 6) is -0.271. The molecule has 1 aliphatic heterocycles. The van der Waals surface area contributed by atoms with Crippen molar-refractivity contribution in [2.45, 2.75) is 12.8 Å². The Balaban J connectivity index is 1.52. The van der Waals surface area contributed by atoms with Gasteiger partial charge in [0, 0.05) is 24.5 Å². The fourth-order valence-corrected chi connectivity index (χ4v) is 2.91. The second kappa shape index (κ2) is 8.38. The van der Waals surface area contributed by atoms with Gasteiger partial charge in [0.1, 0.15) is 5.75 Å². The molecule has 6 nitrogen and oxygen atoms in total. The Bertz CT molecular complexity index is 768. The van der Waals surface area contributed by atoms with Crippen molar-refractivity contribution in [3.63, 3.8) is 0 Å². The molecular formula is C20H22N2O4. The topological polar surface area (TPSA) is 67.9 Å². The molecule has 1 heterocycles. The average Bonchev–Trinajstić information content (AvgIpc) is 3.21. The van der Waals surface area contributed by atoms with Crippen LogP contribution in [0.15, 0.2) is 48.5 Å². The first-order valence-electron chi connectivity index (χ1n) is 8.62. The Hall–Kier alpha value is -3.02. The molecule has 0 spiro atoms. The minimum atomic E-state index is -0.446. The monoisotopic (exact) mass is 354 g/mol. The lowest BCUT2D eigenvalue weighted by molar-refractivity contribution is -0.118. The maximum Gasteiger partial charge on any atom is 0.337 e. The Labute approximate surface area is 152 Å². The highest BCUT2D eigenvalue weighted by molar-refractivity contribution is 5.92. The first-order valence-corrected chi connectivity index (χ1v) is 8.62. The van der Waals surface area contributed by atoms with Crippen LogP contribution < -0.4 is 15.0 Å². The van der Waals surface area contributed by atoms with Gasteiger partial charge in [-0.15, -0.1) is 0 Å². The molecule has 0 saturated carbocycles. The summed E-state index contributed by atoms with van der Waals surface area (Å²) in [5.41, 5.74) is 2.28. The van der Waals surface area contributed by atoms with Crippen LogP contribution in [0.25, 0.3) is 0 Å². The molecule has 1 amide bonds. The lowest BCUT2D eigenvalue weighted by Gasteiger charge is -2.17. The van der Waals surface area contributed by atoms with Crippen LogP contribution in [-0.4, -0.2) is 38.7 Å². The SMILES string of the molecule is COC(=O)c1cccc(OCC(=O)Nc2ccc(N3CCCC3)cc2)c1. The minimum absolute atomic E-state index is 0.140. The third-order valence-corrected chi connectivity index (χ3v) is 4.25. The van der Waals surface area contributed by atoms with Crippen molar-refractivity contribution in [3.05, 3.63) is 54.1 Å². The fourth-order valence-electron chi connectivity index (χ4n) is 2.91. The molecule has 0 aliphatic carbocycles. The van der Waals surface area contributed by atoms with Crippen molar-refractivity contribution in [2.75, 3.05) is 37.0 Å². The summed E-state index contributed by atoms with van der Waals surface area (Å²) in [6.45, 7) is 2.03. The van der Waals surface area contributed by atoms with Gasteiger partial charge in [0.25, 0.3) is 5.91 Å². The zero-order chi connectivity index (χ0) is 18.4. The van der Waals surface area contributed by atoms with E-state index in [9.17, 15) is 9.59 Å². The number of esters is 1. The van der Waals surface area contributed by atoms with Gasteiger partial charge in [-0.1, -0.05) is 6.07 Å². The molecule has 2 aromatic rings. The zero-order valence-corrected chi connectivity index (χ0v) is 14.7. The second-order valence-electron chi connectivity index (χ2n) is 6.10. The first-order chi connectivity index (χ1) is 12.7. The number of rotatable bonds is 6. The Morgan fingerprint density at radius 1 is 1.08 bits per heavy atom. The maximum absolute atomic E-state index is 12.1. The van der Waals surface area contributed by atoms with E-state index in [-0.39, 0.29) is 12.5 Å². The average molecular weight is 354 g/mol. The third kappa shape index (κ3) is 4.53. The van der Waals surface area contributed by atoms with Crippen LogP contribution in [0.3, 0.4) is 0 Å². The van der Waals surface area contributed by atoms with E-state index in [1.165, 1.54) is 25.6 Å². The highest BCUT2D eigenvalue weighted by atomic mass is 16.5. The van der Waals surface area contributed by atoms with Crippen molar-refractivity contribution in [3.8, 4) is 5.75 Å². The predicted molar refractivity (Wildman–Crippen MR) is 99.8 cm³/mol. The van der Waals surface area contributed by atoms with Crippen LogP contribution in [0.4, 0.5) is 11.4 Å². The first kappa shape index (κ1) is 17.8. The third-order valence-electron chi connectivity index (χ3n) is 4.25. The van der Waals surface area contributed by atoms with E-state index in [0.717, 1.165) is 18.8 Å². The standard InChI is InChI=1S/C20H22N2O4/c1-25-20(24)15-5-4-6-18(13-15)26-14-19(23)21-16-7-9-17(10-8-16)22-11-2-3-12-22/h4-10,13H,2-3,11-12,14H2,1H3,(H,21,23). The number of methoxy groups -OCH3 is 1. The van der Waals surface area contributed by atoms with Gasteiger partial charge in [-0.3, -0.25) is 4.79 Å². The minimum Gasteiger partial charge on any atom is -0.484 e. The van der Waals surface area contributed by atoms with Crippen LogP contribution in [-0.2, 0) is 9.53 Å². The largest absolute Gasteiger partial charge is 0.484 e. The zero-order valence-electron chi connectivity index (χ0n) is 14.7. The van der Waals surface area contributed by atoms with Crippen LogP contribution in [0.1, 0.15) is 23.2 Å². The van der Waals surface area contributed by atoms with E-state index in [4.69, 9.17) is 4.74 Å². The molecule has 2 aromatic carbocycles. The number of hydrogen-bond donors (Lipinski definition) is 1. The summed E-state index contributed by atoms with van der Waals surface area (Å²) in [5, 5.41) is 2.80. The number of hydrogen-bond acceptors (Lipinski definition) is 5. The van der Waals surface area contributed by atoms with E-state index in [2.05, 4.69) is 15.0 Å². The van der Waals surface area contributed by atoms with Gasteiger partial charge >= 0.3 is 5.97 Å². The number of carbonyl (C=O) groups excluding carboxylic acids is 2. The number of benzene rings is 2. The predicted octanol–water partition coefficient (Wildman–Crippen LogP) is 3.09. The van der Waals surface area contributed by atoms with Crippen LogP contribution >= 0.6 is 0 Å². The molecule has 26 heavy (non-hydrogen) atoms. The number of ether oxygens (including phenoxy) is 2. The molecule has 1 N–H and O–H groups in total. The molecule has 136 valence electrons. The van der Waals surface area contributed by atoms with Gasteiger partial charge in [0.15, 0.2) is 6.61 Å². The van der Waals surface area contributed by atoms with Gasteiger partial charge < -0.3 is 19.7 Å². The number of amides is 1. The van der Waals surface area contributed by atoms with E-state index in [1.54, 1.807) is 24.3 Å². The normalized spacial score (nSPS) is 13.3. The maximum atomic E-state index is 12.1. The Morgan fingerprint density at radius 3 is 2.50 bits per heavy atom. The fraction of sp³-hybridized carbons (Fsp3) is 0.300.